The maximum atomic E-state index is 12.3. The summed E-state index contributed by atoms with van der Waals surface area (Å²) in [6, 6.07) is 43.1. The van der Waals surface area contributed by atoms with Gasteiger partial charge in [-0.1, -0.05) is 105 Å². The van der Waals surface area contributed by atoms with Gasteiger partial charge in [0.1, 0.15) is 5.75 Å². The van der Waals surface area contributed by atoms with Crippen molar-refractivity contribution >= 4 is 28.1 Å². The van der Waals surface area contributed by atoms with Gasteiger partial charge in [0, 0.05) is 29.7 Å². The van der Waals surface area contributed by atoms with Crippen molar-refractivity contribution in [2.24, 2.45) is 0 Å². The number of amidine groups is 1. The molecular formula is C44H36N4OPt. The van der Waals surface area contributed by atoms with Crippen LogP contribution in [0.5, 0.6) is 5.75 Å². The average Bonchev–Trinajstić information content (AvgIpc) is 3.12. The number of hydrogen-bond acceptors (Lipinski definition) is 3. The molecule has 0 aliphatic carbocycles. The molecule has 2 heterocycles. The molecular weight excluding hydrogens is 796 g/mol. The number of aromatic nitrogens is 2. The van der Waals surface area contributed by atoms with E-state index in [1.54, 1.807) is 18.5 Å². The van der Waals surface area contributed by atoms with Crippen molar-refractivity contribution < 1.29 is 26.2 Å². The van der Waals surface area contributed by atoms with E-state index in [0.29, 0.717) is 5.56 Å². The minimum atomic E-state index is -0.0287. The molecule has 0 saturated carbocycles. The summed E-state index contributed by atoms with van der Waals surface area (Å²) in [6.45, 7) is 8.58. The fraction of sp³-hybridized carbons (Fsp3) is 0.114. The number of phenols is 1. The molecule has 50 heavy (non-hydrogen) atoms. The van der Waals surface area contributed by atoms with E-state index in [1.165, 1.54) is 5.56 Å². The van der Waals surface area contributed by atoms with E-state index in [0.717, 1.165) is 61.2 Å². The van der Waals surface area contributed by atoms with Crippen LogP contribution in [-0.2, 0) is 26.5 Å². The summed E-state index contributed by atoms with van der Waals surface area (Å²) in [4.78, 5) is 10.9. The van der Waals surface area contributed by atoms with Crippen LogP contribution in [0.3, 0.4) is 0 Å². The molecule has 0 aliphatic heterocycles. The van der Waals surface area contributed by atoms with Gasteiger partial charge in [0.15, 0.2) is 0 Å². The van der Waals surface area contributed by atoms with Crippen molar-refractivity contribution in [1.29, 1.82) is 0 Å². The molecule has 0 saturated heterocycles. The monoisotopic (exact) mass is 831 g/mol. The number of benzene rings is 5. The standard InChI is InChI=1S/C44H36N4O.Pt/c1-29-37(38-15-5-6-18-41(38)49)16-8-17-40(29)48(36-21-19-35(20-22-36)44(2,3)4)43(45)32-12-7-11-30(25-32)39-27-34(33-14-9-23-46-28-33)26-31-13-10-24-47-42(31)39;/h5-24,26-28,49H,1-4H3;/q-2;+2. The summed E-state index contributed by atoms with van der Waals surface area (Å²) >= 11 is 0. The smallest absolute Gasteiger partial charge is 0.508 e. The Hall–Kier alpha value is -5.38. The quantitative estimate of drug-likeness (QED) is 0.103. The Kier molecular flexibility index (Phi) is 9.81. The molecule has 0 atom stereocenters. The molecule has 5 aromatic carbocycles. The normalized spacial score (nSPS) is 11.2. The maximum Gasteiger partial charge on any atom is 2.00 e. The van der Waals surface area contributed by atoms with Crippen molar-refractivity contribution in [2.45, 2.75) is 33.1 Å². The van der Waals surface area contributed by atoms with Crippen molar-refractivity contribution in [3.8, 4) is 39.1 Å². The summed E-state index contributed by atoms with van der Waals surface area (Å²) in [6.07, 6.45) is 5.42. The summed E-state index contributed by atoms with van der Waals surface area (Å²) in [5.74, 6) is 0.232. The topological polar surface area (TPSA) is 71.5 Å². The summed E-state index contributed by atoms with van der Waals surface area (Å²) in [7, 11) is 0. The van der Waals surface area contributed by atoms with Crippen molar-refractivity contribution in [3.05, 3.63) is 168 Å². The van der Waals surface area contributed by atoms with Gasteiger partial charge < -0.3 is 15.4 Å². The zero-order valence-corrected chi connectivity index (χ0v) is 30.6. The molecule has 0 bridgehead atoms. The molecule has 0 spiro atoms. The Bertz CT molecular complexity index is 2310. The van der Waals surface area contributed by atoms with Crippen molar-refractivity contribution in [1.82, 2.24) is 9.97 Å². The molecule has 0 aliphatic rings. The van der Waals surface area contributed by atoms with E-state index >= 15 is 0 Å². The van der Waals surface area contributed by atoms with Crippen LogP contribution in [-0.4, -0.2) is 20.9 Å². The summed E-state index contributed by atoms with van der Waals surface area (Å²) in [5.41, 5.74) is 10.4. The fourth-order valence-electron chi connectivity index (χ4n) is 6.32. The summed E-state index contributed by atoms with van der Waals surface area (Å²) < 4.78 is 0. The third-order valence-corrected chi connectivity index (χ3v) is 8.97. The van der Waals surface area contributed by atoms with E-state index < -0.39 is 0 Å². The Morgan fingerprint density at radius 3 is 2.22 bits per heavy atom. The van der Waals surface area contributed by atoms with Crippen molar-refractivity contribution in [2.75, 3.05) is 4.90 Å². The molecule has 1 N–H and O–H groups in total. The summed E-state index contributed by atoms with van der Waals surface area (Å²) in [5, 5.41) is 24.1. The van der Waals surface area contributed by atoms with Crippen LogP contribution in [0.25, 0.3) is 49.7 Å². The van der Waals surface area contributed by atoms with Gasteiger partial charge in [-0.05, 0) is 81.2 Å². The number of hydrogen-bond donors (Lipinski definition) is 1. The Labute approximate surface area is 308 Å². The first-order valence-electron chi connectivity index (χ1n) is 16.4. The van der Waals surface area contributed by atoms with E-state index in [1.807, 2.05) is 103 Å². The number of pyridine rings is 2. The molecule has 0 amide bonds. The van der Waals surface area contributed by atoms with Crippen LogP contribution < -0.4 is 4.90 Å². The van der Waals surface area contributed by atoms with Gasteiger partial charge in [-0.3, -0.25) is 9.97 Å². The zero-order chi connectivity index (χ0) is 34.1. The minimum absolute atomic E-state index is 0. The Balaban J connectivity index is 0.00000432. The van der Waals surface area contributed by atoms with E-state index in [-0.39, 0.29) is 38.1 Å². The first-order chi connectivity index (χ1) is 23.7. The molecule has 7 rings (SSSR count). The van der Waals surface area contributed by atoms with Crippen LogP contribution in [0.15, 0.2) is 140 Å². The van der Waals surface area contributed by atoms with Crippen LogP contribution in [0, 0.1) is 13.0 Å². The molecule has 0 fully saturated rings. The van der Waals surface area contributed by atoms with Gasteiger partial charge in [-0.2, -0.15) is 0 Å². The number of nitrogens with zero attached hydrogens (tertiary/aromatic N) is 4. The number of para-hydroxylation sites is 1. The van der Waals surface area contributed by atoms with Gasteiger partial charge in [-0.25, -0.2) is 0 Å². The van der Waals surface area contributed by atoms with Crippen LogP contribution >= 0.6 is 0 Å². The third-order valence-electron chi connectivity index (χ3n) is 8.97. The largest absolute Gasteiger partial charge is 2.00 e. The maximum absolute atomic E-state index is 12.3. The molecule has 6 heteroatoms. The van der Waals surface area contributed by atoms with Gasteiger partial charge in [0.05, 0.1) is 0 Å². The predicted molar refractivity (Wildman–Crippen MR) is 202 cm³/mol. The second kappa shape index (κ2) is 14.2. The first-order valence-corrected chi connectivity index (χ1v) is 16.4. The Morgan fingerprint density at radius 2 is 1.48 bits per heavy atom. The third kappa shape index (κ3) is 6.74. The van der Waals surface area contributed by atoms with Crippen LogP contribution in [0.4, 0.5) is 11.4 Å². The zero-order valence-electron chi connectivity index (χ0n) is 28.3. The number of phenolic OH excluding ortho intramolecular Hbond substituents is 1. The Morgan fingerprint density at radius 1 is 0.740 bits per heavy atom. The van der Waals surface area contributed by atoms with Gasteiger partial charge in [-0.15, -0.1) is 41.2 Å². The van der Waals surface area contributed by atoms with Crippen LogP contribution in [0.1, 0.15) is 37.5 Å². The van der Waals surface area contributed by atoms with E-state index in [4.69, 9.17) is 4.98 Å². The number of aromatic hydroxyl groups is 1. The molecule has 7 aromatic rings. The van der Waals surface area contributed by atoms with E-state index in [9.17, 15) is 10.5 Å². The van der Waals surface area contributed by atoms with Gasteiger partial charge >= 0.3 is 21.1 Å². The second-order valence-electron chi connectivity index (χ2n) is 13.2. The van der Waals surface area contributed by atoms with Crippen LogP contribution in [0.2, 0.25) is 0 Å². The van der Waals surface area contributed by atoms with Crippen molar-refractivity contribution in [3.63, 3.8) is 0 Å². The number of rotatable bonds is 6. The SMILES string of the molecule is Cc1c(-c2ccccc2O)cccc1N(C(=[N-])c1[c-]c(-c2cc(-c3cccnc3)cc3cccnc23)ccc1)c1ccc(C(C)(C)C)cc1.[Pt+2]. The van der Waals surface area contributed by atoms with Gasteiger partial charge in [0.25, 0.3) is 0 Å². The molecule has 0 unspecified atom stereocenters. The first kappa shape index (κ1) is 34.5. The molecule has 5 nitrogen and oxygen atoms in total. The number of anilines is 2. The number of fused-ring (bicyclic) bond motifs is 1. The van der Waals surface area contributed by atoms with Gasteiger partial charge in [0.2, 0.25) is 0 Å². The molecule has 2 aromatic heterocycles. The van der Waals surface area contributed by atoms with E-state index in [2.05, 4.69) is 62.2 Å². The average molecular weight is 832 g/mol. The predicted octanol–water partition coefficient (Wildman–Crippen LogP) is 10.9. The minimum Gasteiger partial charge on any atom is -0.508 e. The molecule has 248 valence electrons. The fourth-order valence-corrected chi connectivity index (χ4v) is 6.32. The second-order valence-corrected chi connectivity index (χ2v) is 13.2. The molecule has 0 radical (unpaired) electrons.